The van der Waals surface area contributed by atoms with Gasteiger partial charge in [0.05, 0.1) is 26.4 Å². The monoisotopic (exact) mass is 522 g/mol. The van der Waals surface area contributed by atoms with Crippen LogP contribution in [0.1, 0.15) is 58.3 Å². The van der Waals surface area contributed by atoms with Crippen LogP contribution >= 0.6 is 0 Å². The molecule has 0 N–H and O–H groups in total. The third-order valence-electron chi connectivity index (χ3n) is 8.48. The molecule has 4 unspecified atom stereocenters. The van der Waals surface area contributed by atoms with Crippen LogP contribution in [0.15, 0.2) is 23.5 Å². The Hall–Kier alpha value is -1.14. The molecular weight excluding hydrogens is 489 g/mol. The van der Waals surface area contributed by atoms with E-state index in [0.717, 1.165) is 32.0 Å². The zero-order valence-electron chi connectivity index (χ0n) is 19.8. The topological polar surface area (TPSA) is 80.3 Å². The Bertz CT molecular complexity index is 962. The maximum absolute atomic E-state index is 12.4. The van der Waals surface area contributed by atoms with Gasteiger partial charge in [0, 0.05) is 30.6 Å². The van der Waals surface area contributed by atoms with Crippen LogP contribution in [0.4, 0.5) is 13.2 Å². The highest BCUT2D eigenvalue weighted by Gasteiger charge is 2.53. The first-order chi connectivity index (χ1) is 16.5. The summed E-state index contributed by atoms with van der Waals surface area (Å²) in [5.74, 6) is 0.185. The molecule has 4 fully saturated rings. The Kier molecular flexibility index (Phi) is 6.78. The summed E-state index contributed by atoms with van der Waals surface area (Å²) in [4.78, 5) is 0. The van der Waals surface area contributed by atoms with Gasteiger partial charge in [-0.15, -0.1) is 0 Å². The number of allylic oxidation sites excluding steroid dienone is 4. The molecule has 35 heavy (non-hydrogen) atoms. The maximum atomic E-state index is 12.4. The van der Waals surface area contributed by atoms with Crippen molar-refractivity contribution in [3.05, 3.63) is 23.5 Å². The van der Waals surface area contributed by atoms with E-state index in [0.29, 0.717) is 44.8 Å². The lowest BCUT2D eigenvalue weighted by molar-refractivity contribution is -0.219. The van der Waals surface area contributed by atoms with Gasteiger partial charge in [-0.1, -0.05) is 11.6 Å². The van der Waals surface area contributed by atoms with E-state index in [4.69, 9.17) is 18.9 Å². The standard InChI is InChI=1S/C12H15F3O5S.C12H18O2/c13-12(14,15)21(16,17)20-10-2-1-9-7-8(10)3-4-11(9)18-5-6-19-11;1-9-2-3-11-8-10(9)4-5-12(11)13-6-7-14-12/h2,8-9H,1,3-7H2;2,10-11H,3-8H2,1H3. The van der Waals surface area contributed by atoms with Crippen LogP contribution < -0.4 is 0 Å². The van der Waals surface area contributed by atoms with Crippen molar-refractivity contribution in [3.63, 3.8) is 0 Å². The van der Waals surface area contributed by atoms with E-state index >= 15 is 0 Å². The Morgan fingerprint density at radius 1 is 0.857 bits per heavy atom. The summed E-state index contributed by atoms with van der Waals surface area (Å²) < 4.78 is 86.6. The molecule has 0 aromatic rings. The maximum Gasteiger partial charge on any atom is 0.534 e. The third-order valence-corrected chi connectivity index (χ3v) is 9.46. The molecule has 4 aliphatic carbocycles. The van der Waals surface area contributed by atoms with E-state index in [9.17, 15) is 21.6 Å². The lowest BCUT2D eigenvalue weighted by Gasteiger charge is -2.45. The lowest BCUT2D eigenvalue weighted by Crippen LogP contribution is -2.46. The van der Waals surface area contributed by atoms with E-state index in [1.165, 1.54) is 18.9 Å². The number of halogens is 3. The minimum absolute atomic E-state index is 0.0275. The van der Waals surface area contributed by atoms with Crippen LogP contribution in [0.25, 0.3) is 0 Å². The fourth-order valence-electron chi connectivity index (χ4n) is 6.56. The molecule has 11 heteroatoms. The summed E-state index contributed by atoms with van der Waals surface area (Å²) in [6.45, 7) is 4.89. The molecule has 2 saturated heterocycles. The minimum Gasteiger partial charge on any atom is -0.381 e. The van der Waals surface area contributed by atoms with Crippen LogP contribution in [-0.2, 0) is 33.2 Å². The van der Waals surface area contributed by atoms with Crippen molar-refractivity contribution in [2.45, 2.75) is 75.4 Å². The Balaban J connectivity index is 0.000000156. The highest BCUT2D eigenvalue weighted by molar-refractivity contribution is 7.87. The summed E-state index contributed by atoms with van der Waals surface area (Å²) in [5.41, 5.74) is -3.81. The molecule has 2 heterocycles. The number of fused-ring (bicyclic) bond motifs is 6. The predicted molar refractivity (Wildman–Crippen MR) is 118 cm³/mol. The number of hydrogen-bond acceptors (Lipinski definition) is 7. The second-order valence-corrected chi connectivity index (χ2v) is 11.9. The fraction of sp³-hybridized carbons (Fsp3) is 0.833. The SMILES string of the molecule is CC1=CCC2CC1CCC21OCCO1.O=S(=O)(OC1=CCC2CC1CCC21OCCO1)C(F)(F)F. The van der Waals surface area contributed by atoms with Gasteiger partial charge in [-0.2, -0.15) is 21.6 Å². The Morgan fingerprint density at radius 3 is 1.89 bits per heavy atom. The van der Waals surface area contributed by atoms with E-state index in [1.54, 1.807) is 5.57 Å². The molecule has 4 atom stereocenters. The van der Waals surface area contributed by atoms with Crippen molar-refractivity contribution in [2.24, 2.45) is 23.7 Å². The van der Waals surface area contributed by atoms with Crippen LogP contribution in [0, 0.1) is 23.7 Å². The molecule has 2 saturated carbocycles. The number of ether oxygens (including phenoxy) is 4. The van der Waals surface area contributed by atoms with Gasteiger partial charge in [0.2, 0.25) is 0 Å². The number of rotatable bonds is 2. The average Bonchev–Trinajstić information content (AvgIpc) is 3.48. The van der Waals surface area contributed by atoms with Gasteiger partial charge in [-0.25, -0.2) is 0 Å². The molecule has 7 nitrogen and oxygen atoms in total. The molecule has 2 spiro atoms. The molecule has 0 amide bonds. The summed E-state index contributed by atoms with van der Waals surface area (Å²) in [5, 5.41) is 0. The Morgan fingerprint density at radius 2 is 1.34 bits per heavy atom. The van der Waals surface area contributed by atoms with Crippen LogP contribution in [0.2, 0.25) is 0 Å². The van der Waals surface area contributed by atoms with E-state index < -0.39 is 21.4 Å². The first kappa shape index (κ1) is 25.5. The van der Waals surface area contributed by atoms with Gasteiger partial charge >= 0.3 is 15.6 Å². The highest BCUT2D eigenvalue weighted by Crippen LogP contribution is 2.50. The van der Waals surface area contributed by atoms with Crippen molar-refractivity contribution in [1.82, 2.24) is 0 Å². The van der Waals surface area contributed by atoms with Gasteiger partial charge in [-0.3, -0.25) is 0 Å². The molecule has 0 aromatic heterocycles. The zero-order chi connectivity index (χ0) is 24.9. The van der Waals surface area contributed by atoms with Gasteiger partial charge in [0.1, 0.15) is 5.76 Å². The summed E-state index contributed by atoms with van der Waals surface area (Å²) in [6.07, 6.45) is 10.5. The van der Waals surface area contributed by atoms with Gasteiger partial charge in [0.15, 0.2) is 11.6 Å². The minimum atomic E-state index is -5.59. The average molecular weight is 523 g/mol. The second kappa shape index (κ2) is 9.31. The first-order valence-electron chi connectivity index (χ1n) is 12.5. The Labute approximate surface area is 204 Å². The first-order valence-corrected chi connectivity index (χ1v) is 13.9. The summed E-state index contributed by atoms with van der Waals surface area (Å²) >= 11 is 0. The lowest BCUT2D eigenvalue weighted by atomic mass is 9.69. The number of alkyl halides is 3. The largest absolute Gasteiger partial charge is 0.534 e. The molecular formula is C24H33F3O7S. The van der Waals surface area contributed by atoms with Crippen LogP contribution in [0.5, 0.6) is 0 Å². The van der Waals surface area contributed by atoms with Gasteiger partial charge < -0.3 is 23.1 Å². The molecule has 0 radical (unpaired) electrons. The molecule has 0 aromatic carbocycles. The van der Waals surface area contributed by atoms with Crippen LogP contribution in [-0.4, -0.2) is 51.9 Å². The normalized spacial score (nSPS) is 35.2. The van der Waals surface area contributed by atoms with Crippen molar-refractivity contribution in [3.8, 4) is 0 Å². The number of hydrogen-bond donors (Lipinski definition) is 0. The molecule has 4 bridgehead atoms. The van der Waals surface area contributed by atoms with Crippen LogP contribution in [0.3, 0.4) is 0 Å². The molecule has 6 aliphatic rings. The molecule has 2 aliphatic heterocycles. The van der Waals surface area contributed by atoms with E-state index in [2.05, 4.69) is 17.2 Å². The van der Waals surface area contributed by atoms with E-state index in [-0.39, 0.29) is 23.4 Å². The summed E-state index contributed by atoms with van der Waals surface area (Å²) in [7, 11) is -5.59. The molecule has 6 rings (SSSR count). The smallest absolute Gasteiger partial charge is 0.381 e. The van der Waals surface area contributed by atoms with Crippen molar-refractivity contribution in [1.29, 1.82) is 0 Å². The quantitative estimate of drug-likeness (QED) is 0.293. The second-order valence-electron chi connectivity index (χ2n) is 10.4. The summed E-state index contributed by atoms with van der Waals surface area (Å²) in [6, 6.07) is 0. The van der Waals surface area contributed by atoms with Gasteiger partial charge in [0.25, 0.3) is 0 Å². The van der Waals surface area contributed by atoms with Crippen molar-refractivity contribution in [2.75, 3.05) is 26.4 Å². The predicted octanol–water partition coefficient (Wildman–Crippen LogP) is 4.80. The highest BCUT2D eigenvalue weighted by atomic mass is 32.2. The van der Waals surface area contributed by atoms with Crippen molar-refractivity contribution < 1.29 is 44.7 Å². The van der Waals surface area contributed by atoms with Gasteiger partial charge in [-0.05, 0) is 57.4 Å². The zero-order valence-corrected chi connectivity index (χ0v) is 20.7. The fourth-order valence-corrected chi connectivity index (χ4v) is 7.11. The van der Waals surface area contributed by atoms with E-state index in [1.807, 2.05) is 0 Å². The third kappa shape index (κ3) is 4.79. The molecule has 198 valence electrons. The van der Waals surface area contributed by atoms with Crippen molar-refractivity contribution >= 4 is 10.1 Å².